The fourth-order valence-electron chi connectivity index (χ4n) is 1.94. The SMILES string of the molecule is O=C(NCc1nc(CO)cs1)c1cnn(-c2ccc(Cl)cc2)c1. The van der Waals surface area contributed by atoms with Gasteiger partial charge in [-0.15, -0.1) is 11.3 Å². The number of aliphatic hydroxyl groups excluding tert-OH is 1. The number of nitrogens with one attached hydrogen (secondary N) is 1. The van der Waals surface area contributed by atoms with E-state index in [0.717, 1.165) is 10.7 Å². The second-order valence-electron chi connectivity index (χ2n) is 4.72. The van der Waals surface area contributed by atoms with Gasteiger partial charge in [-0.1, -0.05) is 11.6 Å². The van der Waals surface area contributed by atoms with Gasteiger partial charge in [0.1, 0.15) is 5.01 Å². The van der Waals surface area contributed by atoms with Crippen molar-refractivity contribution in [3.05, 3.63) is 63.3 Å². The first-order valence-corrected chi connectivity index (χ1v) is 8.04. The maximum Gasteiger partial charge on any atom is 0.254 e. The normalized spacial score (nSPS) is 10.7. The highest BCUT2D eigenvalue weighted by Crippen LogP contribution is 2.14. The Hall–Kier alpha value is -2.22. The summed E-state index contributed by atoms with van der Waals surface area (Å²) in [5.74, 6) is -0.231. The van der Waals surface area contributed by atoms with Crippen LogP contribution in [0, 0.1) is 0 Å². The van der Waals surface area contributed by atoms with Gasteiger partial charge >= 0.3 is 0 Å². The molecule has 0 fully saturated rings. The summed E-state index contributed by atoms with van der Waals surface area (Å²) in [7, 11) is 0. The van der Waals surface area contributed by atoms with Crippen LogP contribution >= 0.6 is 22.9 Å². The predicted octanol–water partition coefficient (Wildman–Crippen LogP) is 2.40. The summed E-state index contributed by atoms with van der Waals surface area (Å²) < 4.78 is 1.61. The third-order valence-corrected chi connectivity index (χ3v) is 4.25. The molecule has 0 aliphatic heterocycles. The summed E-state index contributed by atoms with van der Waals surface area (Å²) in [5.41, 5.74) is 1.88. The van der Waals surface area contributed by atoms with Gasteiger partial charge in [-0.2, -0.15) is 5.10 Å². The average molecular weight is 349 g/mol. The van der Waals surface area contributed by atoms with Crippen LogP contribution in [0.15, 0.2) is 42.0 Å². The Morgan fingerprint density at radius 1 is 1.35 bits per heavy atom. The summed E-state index contributed by atoms with van der Waals surface area (Å²) in [6.45, 7) is 0.216. The standard InChI is InChI=1S/C15H13ClN4O2S/c16-11-1-3-13(4-2-11)20-7-10(5-18-20)15(22)17-6-14-19-12(8-21)9-23-14/h1-5,7,9,21H,6,8H2,(H,17,22). The van der Waals surface area contributed by atoms with Crippen molar-refractivity contribution in [2.75, 3.05) is 0 Å². The number of rotatable bonds is 5. The molecule has 0 atom stereocenters. The maximum atomic E-state index is 12.1. The molecule has 2 aromatic heterocycles. The molecule has 0 spiro atoms. The zero-order chi connectivity index (χ0) is 16.2. The molecule has 8 heteroatoms. The zero-order valence-electron chi connectivity index (χ0n) is 11.9. The van der Waals surface area contributed by atoms with Crippen molar-refractivity contribution in [3.63, 3.8) is 0 Å². The Balaban J connectivity index is 1.65. The van der Waals surface area contributed by atoms with Crippen molar-refractivity contribution < 1.29 is 9.90 Å². The lowest BCUT2D eigenvalue weighted by atomic mass is 10.3. The van der Waals surface area contributed by atoms with Crippen molar-refractivity contribution in [1.82, 2.24) is 20.1 Å². The van der Waals surface area contributed by atoms with Gasteiger partial charge in [-0.05, 0) is 24.3 Å². The van der Waals surface area contributed by atoms with E-state index in [-0.39, 0.29) is 12.5 Å². The smallest absolute Gasteiger partial charge is 0.254 e. The van der Waals surface area contributed by atoms with E-state index in [1.54, 1.807) is 28.4 Å². The lowest BCUT2D eigenvalue weighted by Gasteiger charge is -2.01. The number of aliphatic hydroxyl groups is 1. The molecule has 1 aromatic carbocycles. The van der Waals surface area contributed by atoms with Gasteiger partial charge in [0.25, 0.3) is 5.91 Å². The molecule has 3 aromatic rings. The third kappa shape index (κ3) is 3.76. The topological polar surface area (TPSA) is 80.0 Å². The second-order valence-corrected chi connectivity index (χ2v) is 6.10. The van der Waals surface area contributed by atoms with E-state index in [2.05, 4.69) is 15.4 Å². The first kappa shape index (κ1) is 15.7. The molecule has 0 radical (unpaired) electrons. The molecule has 0 saturated carbocycles. The molecule has 0 unspecified atom stereocenters. The first-order chi connectivity index (χ1) is 11.2. The van der Waals surface area contributed by atoms with Gasteiger partial charge in [0.2, 0.25) is 0 Å². The first-order valence-electron chi connectivity index (χ1n) is 6.78. The Bertz CT molecular complexity index is 813. The van der Waals surface area contributed by atoms with E-state index >= 15 is 0 Å². The van der Waals surface area contributed by atoms with Crippen LogP contribution in [0.25, 0.3) is 5.69 Å². The summed E-state index contributed by atoms with van der Waals surface area (Å²) >= 11 is 7.25. The number of amides is 1. The molecule has 0 aliphatic carbocycles. The van der Waals surface area contributed by atoms with E-state index in [1.165, 1.54) is 17.5 Å². The molecular formula is C15H13ClN4O2S. The van der Waals surface area contributed by atoms with E-state index in [4.69, 9.17) is 16.7 Å². The average Bonchev–Trinajstić information content (AvgIpc) is 3.22. The van der Waals surface area contributed by atoms with Crippen molar-refractivity contribution in [2.45, 2.75) is 13.2 Å². The van der Waals surface area contributed by atoms with Gasteiger partial charge in [0.05, 0.1) is 36.3 Å². The molecular weight excluding hydrogens is 336 g/mol. The molecule has 2 heterocycles. The lowest BCUT2D eigenvalue weighted by Crippen LogP contribution is -2.22. The van der Waals surface area contributed by atoms with Crippen molar-refractivity contribution in [2.24, 2.45) is 0 Å². The van der Waals surface area contributed by atoms with Crippen LogP contribution in [0.5, 0.6) is 0 Å². The molecule has 0 saturated heterocycles. The summed E-state index contributed by atoms with van der Waals surface area (Å²) in [6.07, 6.45) is 3.16. The number of carbonyl (C=O) groups is 1. The van der Waals surface area contributed by atoms with Crippen LogP contribution in [0.3, 0.4) is 0 Å². The number of thiazole rings is 1. The molecule has 118 valence electrons. The van der Waals surface area contributed by atoms with Gasteiger partial charge < -0.3 is 10.4 Å². The van der Waals surface area contributed by atoms with Crippen LogP contribution in [-0.4, -0.2) is 25.8 Å². The highest BCUT2D eigenvalue weighted by molar-refractivity contribution is 7.09. The van der Waals surface area contributed by atoms with Gasteiger partial charge in [0.15, 0.2) is 0 Å². The minimum Gasteiger partial charge on any atom is -0.390 e. The Morgan fingerprint density at radius 2 is 2.13 bits per heavy atom. The molecule has 1 amide bonds. The third-order valence-electron chi connectivity index (χ3n) is 3.10. The van der Waals surface area contributed by atoms with Crippen LogP contribution in [0.4, 0.5) is 0 Å². The molecule has 2 N–H and O–H groups in total. The highest BCUT2D eigenvalue weighted by atomic mass is 35.5. The number of benzene rings is 1. The van der Waals surface area contributed by atoms with E-state index < -0.39 is 0 Å². The number of hydrogen-bond acceptors (Lipinski definition) is 5. The van der Waals surface area contributed by atoms with Crippen LogP contribution in [-0.2, 0) is 13.2 Å². The van der Waals surface area contributed by atoms with Gasteiger partial charge in [-0.25, -0.2) is 9.67 Å². The molecule has 23 heavy (non-hydrogen) atoms. The molecule has 3 rings (SSSR count). The fraction of sp³-hybridized carbons (Fsp3) is 0.133. The minimum atomic E-state index is -0.231. The quantitative estimate of drug-likeness (QED) is 0.742. The predicted molar refractivity (Wildman–Crippen MR) is 87.8 cm³/mol. The molecule has 0 bridgehead atoms. The van der Waals surface area contributed by atoms with E-state index in [9.17, 15) is 4.79 Å². The summed E-state index contributed by atoms with van der Waals surface area (Å²) in [4.78, 5) is 16.3. The molecule has 6 nitrogen and oxygen atoms in total. The van der Waals surface area contributed by atoms with Crippen molar-refractivity contribution in [1.29, 1.82) is 0 Å². The van der Waals surface area contributed by atoms with Gasteiger partial charge in [0, 0.05) is 16.6 Å². The number of hydrogen-bond donors (Lipinski definition) is 2. The number of nitrogens with zero attached hydrogens (tertiary/aromatic N) is 3. The largest absolute Gasteiger partial charge is 0.390 e. The van der Waals surface area contributed by atoms with Crippen molar-refractivity contribution in [3.8, 4) is 5.69 Å². The number of aromatic nitrogens is 3. The highest BCUT2D eigenvalue weighted by Gasteiger charge is 2.10. The zero-order valence-corrected chi connectivity index (χ0v) is 13.5. The number of carbonyl (C=O) groups excluding carboxylic acids is 1. The fourth-order valence-corrected chi connectivity index (χ4v) is 2.79. The summed E-state index contributed by atoms with van der Waals surface area (Å²) in [6, 6.07) is 7.17. The lowest BCUT2D eigenvalue weighted by molar-refractivity contribution is 0.0951. The van der Waals surface area contributed by atoms with Crippen LogP contribution in [0.2, 0.25) is 5.02 Å². The monoisotopic (exact) mass is 348 g/mol. The number of halogens is 1. The second kappa shape index (κ2) is 6.91. The Kier molecular flexibility index (Phi) is 4.71. The van der Waals surface area contributed by atoms with Crippen molar-refractivity contribution >= 4 is 28.8 Å². The van der Waals surface area contributed by atoms with E-state index in [1.807, 2.05) is 12.1 Å². The van der Waals surface area contributed by atoms with Crippen LogP contribution in [0.1, 0.15) is 21.1 Å². The Morgan fingerprint density at radius 3 is 2.83 bits per heavy atom. The summed E-state index contributed by atoms with van der Waals surface area (Å²) in [5, 5.41) is 19.1. The Labute approximate surface area is 141 Å². The molecule has 0 aliphatic rings. The van der Waals surface area contributed by atoms with Crippen LogP contribution < -0.4 is 5.32 Å². The maximum absolute atomic E-state index is 12.1. The van der Waals surface area contributed by atoms with E-state index in [0.29, 0.717) is 22.8 Å². The van der Waals surface area contributed by atoms with Gasteiger partial charge in [-0.3, -0.25) is 4.79 Å². The minimum absolute atomic E-state index is 0.0989.